The molecule has 2 heterocycles. The van der Waals surface area contributed by atoms with E-state index in [9.17, 15) is 10.1 Å². The van der Waals surface area contributed by atoms with Crippen LogP contribution in [0.4, 0.5) is 5.69 Å². The SMILES string of the molecule is C=CCn1c(SCCOc2ccccc2[N+](=O)[O-])nnc1-c1ccoc1C. The highest BCUT2D eigenvalue weighted by atomic mass is 32.2. The largest absolute Gasteiger partial charge is 0.486 e. The van der Waals surface area contributed by atoms with Crippen LogP contribution in [-0.4, -0.2) is 32.0 Å². The Labute approximate surface area is 160 Å². The molecule has 3 rings (SSSR count). The molecule has 3 aromatic rings. The van der Waals surface area contributed by atoms with E-state index < -0.39 is 4.92 Å². The molecule has 0 aliphatic rings. The second-order valence-corrected chi connectivity index (χ2v) is 6.58. The molecule has 0 aliphatic carbocycles. The molecule has 0 fully saturated rings. The predicted octanol–water partition coefficient (Wildman–Crippen LogP) is 4.11. The molecule has 0 N–H and O–H groups in total. The molecule has 1 aromatic carbocycles. The van der Waals surface area contributed by atoms with Crippen LogP contribution in [0.5, 0.6) is 5.75 Å². The van der Waals surface area contributed by atoms with Crippen LogP contribution < -0.4 is 4.74 Å². The summed E-state index contributed by atoms with van der Waals surface area (Å²) in [6.07, 6.45) is 3.39. The Bertz CT molecular complexity index is 950. The normalized spacial score (nSPS) is 10.7. The van der Waals surface area contributed by atoms with Crippen molar-refractivity contribution in [2.75, 3.05) is 12.4 Å². The topological polar surface area (TPSA) is 96.2 Å². The highest BCUT2D eigenvalue weighted by Crippen LogP contribution is 2.28. The smallest absolute Gasteiger partial charge is 0.310 e. The van der Waals surface area contributed by atoms with Crippen LogP contribution in [0.2, 0.25) is 0 Å². The van der Waals surface area contributed by atoms with Crippen LogP contribution in [0.3, 0.4) is 0 Å². The summed E-state index contributed by atoms with van der Waals surface area (Å²) in [6.45, 7) is 6.51. The zero-order valence-corrected chi connectivity index (χ0v) is 15.5. The Morgan fingerprint density at radius 2 is 2.19 bits per heavy atom. The summed E-state index contributed by atoms with van der Waals surface area (Å²) in [5, 5.41) is 20.2. The van der Waals surface area contributed by atoms with Gasteiger partial charge in [0.05, 0.1) is 23.4 Å². The molecule has 0 spiro atoms. The number of furan rings is 1. The number of ether oxygens (including phenoxy) is 1. The molecule has 8 nitrogen and oxygen atoms in total. The summed E-state index contributed by atoms with van der Waals surface area (Å²) >= 11 is 1.46. The van der Waals surface area contributed by atoms with Crippen molar-refractivity contribution in [3.05, 3.63) is 65.1 Å². The van der Waals surface area contributed by atoms with Crippen molar-refractivity contribution in [2.45, 2.75) is 18.6 Å². The van der Waals surface area contributed by atoms with Crippen molar-refractivity contribution in [2.24, 2.45) is 0 Å². The summed E-state index contributed by atoms with van der Waals surface area (Å²) in [6, 6.07) is 8.17. The summed E-state index contributed by atoms with van der Waals surface area (Å²) in [7, 11) is 0. The van der Waals surface area contributed by atoms with Gasteiger partial charge in [0.25, 0.3) is 0 Å². The number of hydrogen-bond donors (Lipinski definition) is 0. The Balaban J connectivity index is 1.67. The minimum atomic E-state index is -0.456. The number of aryl methyl sites for hydroxylation is 1. The zero-order chi connectivity index (χ0) is 19.2. The third-order valence-corrected chi connectivity index (χ3v) is 4.69. The highest BCUT2D eigenvalue weighted by molar-refractivity contribution is 7.99. The van der Waals surface area contributed by atoms with Crippen LogP contribution in [0.25, 0.3) is 11.4 Å². The van der Waals surface area contributed by atoms with Crippen LogP contribution >= 0.6 is 11.8 Å². The van der Waals surface area contributed by atoms with Gasteiger partial charge in [-0.3, -0.25) is 14.7 Å². The third-order valence-electron chi connectivity index (χ3n) is 3.76. The van der Waals surface area contributed by atoms with Gasteiger partial charge in [0.2, 0.25) is 0 Å². The average molecular weight is 386 g/mol. The quantitative estimate of drug-likeness (QED) is 0.179. The van der Waals surface area contributed by atoms with E-state index in [2.05, 4.69) is 16.8 Å². The maximum absolute atomic E-state index is 11.0. The van der Waals surface area contributed by atoms with E-state index in [1.54, 1.807) is 30.5 Å². The molecular weight excluding hydrogens is 368 g/mol. The van der Waals surface area contributed by atoms with Crippen molar-refractivity contribution in [1.29, 1.82) is 0 Å². The Hall–Kier alpha value is -3.07. The van der Waals surface area contributed by atoms with Crippen molar-refractivity contribution in [3.63, 3.8) is 0 Å². The number of aromatic nitrogens is 3. The maximum Gasteiger partial charge on any atom is 0.310 e. The second-order valence-electron chi connectivity index (χ2n) is 5.52. The number of nitrogens with zero attached hydrogens (tertiary/aromatic N) is 4. The summed E-state index contributed by atoms with van der Waals surface area (Å²) in [5.74, 6) is 2.30. The maximum atomic E-state index is 11.0. The molecule has 0 saturated carbocycles. The van der Waals surface area contributed by atoms with Gasteiger partial charge in [-0.05, 0) is 19.1 Å². The minimum Gasteiger partial charge on any atom is -0.486 e. The zero-order valence-electron chi connectivity index (χ0n) is 14.7. The molecule has 27 heavy (non-hydrogen) atoms. The van der Waals surface area contributed by atoms with Gasteiger partial charge in [-0.2, -0.15) is 0 Å². The molecule has 0 unspecified atom stereocenters. The minimum absolute atomic E-state index is 0.0463. The van der Waals surface area contributed by atoms with E-state index in [1.807, 2.05) is 17.6 Å². The number of nitro benzene ring substituents is 1. The van der Waals surface area contributed by atoms with Crippen molar-refractivity contribution in [3.8, 4) is 17.1 Å². The first-order chi connectivity index (χ1) is 13.1. The van der Waals surface area contributed by atoms with Crippen LogP contribution in [-0.2, 0) is 6.54 Å². The van der Waals surface area contributed by atoms with E-state index in [0.29, 0.717) is 24.7 Å². The van der Waals surface area contributed by atoms with Gasteiger partial charge < -0.3 is 9.15 Å². The fourth-order valence-corrected chi connectivity index (χ4v) is 3.28. The monoisotopic (exact) mass is 386 g/mol. The first-order valence-electron chi connectivity index (χ1n) is 8.19. The number of hydrogen-bond acceptors (Lipinski definition) is 7. The summed E-state index contributed by atoms with van der Waals surface area (Å²) < 4.78 is 12.9. The highest BCUT2D eigenvalue weighted by Gasteiger charge is 2.17. The number of para-hydroxylation sites is 2. The number of benzene rings is 1. The lowest BCUT2D eigenvalue weighted by Crippen LogP contribution is -2.05. The molecule has 0 saturated heterocycles. The van der Waals surface area contributed by atoms with Crippen LogP contribution in [0.15, 0.2) is 58.8 Å². The van der Waals surface area contributed by atoms with E-state index in [1.165, 1.54) is 17.8 Å². The summed E-state index contributed by atoms with van der Waals surface area (Å²) in [5.41, 5.74) is 0.836. The molecule has 0 atom stereocenters. The molecule has 140 valence electrons. The van der Waals surface area contributed by atoms with E-state index >= 15 is 0 Å². The van der Waals surface area contributed by atoms with E-state index in [-0.39, 0.29) is 11.4 Å². The van der Waals surface area contributed by atoms with Gasteiger partial charge in [-0.15, -0.1) is 16.8 Å². The lowest BCUT2D eigenvalue weighted by atomic mass is 10.2. The van der Waals surface area contributed by atoms with Gasteiger partial charge in [0.15, 0.2) is 16.7 Å². The average Bonchev–Trinajstić information content (AvgIpc) is 3.25. The van der Waals surface area contributed by atoms with Crippen molar-refractivity contribution in [1.82, 2.24) is 14.8 Å². The molecular formula is C18H18N4O4S. The van der Waals surface area contributed by atoms with E-state index in [0.717, 1.165) is 16.5 Å². The molecule has 0 aliphatic heterocycles. The van der Waals surface area contributed by atoms with Gasteiger partial charge in [-0.25, -0.2) is 0 Å². The van der Waals surface area contributed by atoms with Crippen molar-refractivity contribution >= 4 is 17.4 Å². The number of nitro groups is 1. The van der Waals surface area contributed by atoms with Crippen molar-refractivity contribution < 1.29 is 14.1 Å². The standard InChI is InChI=1S/C18H18N4O4S/c1-3-9-21-17(14-8-10-25-13(14)2)19-20-18(21)27-12-11-26-16-7-5-4-6-15(16)22(23)24/h3-8,10H,1,9,11-12H2,2H3. The van der Waals surface area contributed by atoms with Gasteiger partial charge in [0, 0.05) is 18.4 Å². The Morgan fingerprint density at radius 1 is 1.37 bits per heavy atom. The van der Waals surface area contributed by atoms with Gasteiger partial charge in [0.1, 0.15) is 5.76 Å². The van der Waals surface area contributed by atoms with Gasteiger partial charge in [-0.1, -0.05) is 30.0 Å². The number of rotatable bonds is 9. The Kier molecular flexibility index (Phi) is 5.92. The van der Waals surface area contributed by atoms with Crippen LogP contribution in [0.1, 0.15) is 5.76 Å². The number of thioether (sulfide) groups is 1. The Morgan fingerprint density at radius 3 is 2.89 bits per heavy atom. The second kappa shape index (κ2) is 8.54. The molecule has 0 radical (unpaired) electrons. The lowest BCUT2D eigenvalue weighted by Gasteiger charge is -2.08. The molecule has 2 aromatic heterocycles. The fraction of sp³-hybridized carbons (Fsp3) is 0.222. The molecule has 0 amide bonds. The number of allylic oxidation sites excluding steroid dienone is 1. The fourth-order valence-electron chi connectivity index (χ4n) is 2.52. The van der Waals surface area contributed by atoms with E-state index in [4.69, 9.17) is 9.15 Å². The predicted molar refractivity (Wildman–Crippen MR) is 102 cm³/mol. The molecule has 9 heteroatoms. The third kappa shape index (κ3) is 4.20. The molecule has 0 bridgehead atoms. The summed E-state index contributed by atoms with van der Waals surface area (Å²) in [4.78, 5) is 10.6. The van der Waals surface area contributed by atoms with Crippen LogP contribution in [0, 0.1) is 17.0 Å². The first-order valence-corrected chi connectivity index (χ1v) is 9.18. The van der Waals surface area contributed by atoms with Gasteiger partial charge >= 0.3 is 5.69 Å². The lowest BCUT2D eigenvalue weighted by molar-refractivity contribution is -0.385. The first kappa shape index (κ1) is 18.7.